The van der Waals surface area contributed by atoms with E-state index in [1.807, 2.05) is 20.8 Å². The Labute approximate surface area is 110 Å². The van der Waals surface area contributed by atoms with Gasteiger partial charge in [0, 0.05) is 19.6 Å². The Morgan fingerprint density at radius 3 is 2.72 bits per heavy atom. The largest absolute Gasteiger partial charge is 0.465 e. The lowest BCUT2D eigenvalue weighted by molar-refractivity contribution is -0.155. The van der Waals surface area contributed by atoms with Crippen molar-refractivity contribution in [1.29, 1.82) is 0 Å². The summed E-state index contributed by atoms with van der Waals surface area (Å²) in [5, 5.41) is 0. The van der Waals surface area contributed by atoms with Crippen LogP contribution in [0.1, 0.15) is 34.6 Å². The zero-order valence-electron chi connectivity index (χ0n) is 12.2. The smallest absolute Gasteiger partial charge is 0.327 e. The molecule has 0 bridgehead atoms. The molecule has 2 N–H and O–H groups in total. The molecule has 1 heterocycles. The maximum atomic E-state index is 11.8. The highest BCUT2D eigenvalue weighted by Gasteiger charge is 2.37. The highest BCUT2D eigenvalue weighted by molar-refractivity contribution is 5.80. The summed E-state index contributed by atoms with van der Waals surface area (Å²) in [6.07, 6.45) is 0.145. The first-order valence-electron chi connectivity index (χ1n) is 6.52. The van der Waals surface area contributed by atoms with E-state index < -0.39 is 5.54 Å². The van der Waals surface area contributed by atoms with Crippen LogP contribution in [0.4, 0.5) is 0 Å². The molecule has 1 saturated heterocycles. The number of carbonyl (C=O) groups excluding carboxylic acids is 1. The van der Waals surface area contributed by atoms with E-state index >= 15 is 0 Å². The summed E-state index contributed by atoms with van der Waals surface area (Å²) in [7, 11) is 0. The average Bonchev–Trinajstić information content (AvgIpc) is 2.13. The van der Waals surface area contributed by atoms with Gasteiger partial charge in [-0.2, -0.15) is 0 Å². The number of rotatable bonds is 4. The summed E-state index contributed by atoms with van der Waals surface area (Å²) >= 11 is 0. The summed E-state index contributed by atoms with van der Waals surface area (Å²) < 4.78 is 10.8. The molecule has 1 aliphatic rings. The molecule has 0 radical (unpaired) electrons. The Balaban J connectivity index is 2.63. The number of hydrogen-bond acceptors (Lipinski definition) is 5. The quantitative estimate of drug-likeness (QED) is 0.754. The van der Waals surface area contributed by atoms with Gasteiger partial charge in [0.2, 0.25) is 0 Å². The lowest BCUT2D eigenvalue weighted by Gasteiger charge is -2.43. The van der Waals surface area contributed by atoms with Gasteiger partial charge in [-0.25, -0.2) is 0 Å². The van der Waals surface area contributed by atoms with E-state index in [0.29, 0.717) is 13.2 Å². The zero-order valence-corrected chi connectivity index (χ0v) is 12.2. The number of ether oxygens (including phenoxy) is 2. The molecular weight excluding hydrogens is 232 g/mol. The zero-order chi connectivity index (χ0) is 14.0. The second-order valence-electron chi connectivity index (χ2n) is 6.00. The number of morpholine rings is 1. The Morgan fingerprint density at radius 1 is 1.61 bits per heavy atom. The van der Waals surface area contributed by atoms with Crippen LogP contribution in [0.25, 0.3) is 0 Å². The van der Waals surface area contributed by atoms with Crippen LogP contribution in [-0.4, -0.2) is 54.4 Å². The number of nitrogens with zero attached hydrogens (tertiary/aromatic N) is 1. The summed E-state index contributed by atoms with van der Waals surface area (Å²) in [6.45, 7) is 12.0. The van der Waals surface area contributed by atoms with Gasteiger partial charge < -0.3 is 15.2 Å². The van der Waals surface area contributed by atoms with Crippen LogP contribution >= 0.6 is 0 Å². The third-order valence-electron chi connectivity index (χ3n) is 2.93. The van der Waals surface area contributed by atoms with Crippen molar-refractivity contribution in [3.63, 3.8) is 0 Å². The number of esters is 1. The molecule has 0 aromatic carbocycles. The number of hydrogen-bond donors (Lipinski definition) is 1. The fourth-order valence-electron chi connectivity index (χ4n) is 2.53. The molecule has 0 aromatic rings. The van der Waals surface area contributed by atoms with E-state index in [2.05, 4.69) is 4.90 Å². The SMILES string of the molecule is CCOC(=O)C(C)(N)CN1CC(C)OC(C)(C)C1. The topological polar surface area (TPSA) is 64.8 Å². The van der Waals surface area contributed by atoms with E-state index in [-0.39, 0.29) is 17.7 Å². The lowest BCUT2D eigenvalue weighted by atomic mass is 9.99. The Kier molecular flexibility index (Phi) is 4.75. The molecule has 0 saturated carbocycles. The predicted octanol–water partition coefficient (Wildman–Crippen LogP) is 0.766. The first kappa shape index (κ1) is 15.4. The molecule has 0 aromatic heterocycles. The van der Waals surface area contributed by atoms with E-state index in [9.17, 15) is 4.79 Å². The number of carbonyl (C=O) groups is 1. The van der Waals surface area contributed by atoms with Crippen LogP contribution < -0.4 is 5.73 Å². The monoisotopic (exact) mass is 258 g/mol. The summed E-state index contributed by atoms with van der Waals surface area (Å²) in [5.41, 5.74) is 4.88. The van der Waals surface area contributed by atoms with Gasteiger partial charge >= 0.3 is 5.97 Å². The second kappa shape index (κ2) is 5.55. The first-order valence-corrected chi connectivity index (χ1v) is 6.52. The molecule has 5 nitrogen and oxygen atoms in total. The minimum Gasteiger partial charge on any atom is -0.465 e. The molecule has 18 heavy (non-hydrogen) atoms. The maximum absolute atomic E-state index is 11.8. The molecule has 0 aliphatic carbocycles. The summed E-state index contributed by atoms with van der Waals surface area (Å²) in [6, 6.07) is 0. The van der Waals surface area contributed by atoms with Crippen LogP contribution in [0, 0.1) is 0 Å². The first-order chi connectivity index (χ1) is 8.16. The molecule has 5 heteroatoms. The molecule has 106 valence electrons. The highest BCUT2D eigenvalue weighted by atomic mass is 16.5. The molecule has 0 spiro atoms. The van der Waals surface area contributed by atoms with Crippen molar-refractivity contribution >= 4 is 5.97 Å². The van der Waals surface area contributed by atoms with E-state index in [1.165, 1.54) is 0 Å². The van der Waals surface area contributed by atoms with Gasteiger partial charge in [0.1, 0.15) is 5.54 Å². The fraction of sp³-hybridized carbons (Fsp3) is 0.923. The third kappa shape index (κ3) is 4.23. The minimum atomic E-state index is -0.969. The molecule has 1 fully saturated rings. The van der Waals surface area contributed by atoms with Gasteiger partial charge in [-0.1, -0.05) is 0 Å². The molecule has 0 amide bonds. The number of nitrogens with two attached hydrogens (primary N) is 1. The van der Waals surface area contributed by atoms with Crippen LogP contribution in [0.2, 0.25) is 0 Å². The third-order valence-corrected chi connectivity index (χ3v) is 2.93. The van der Waals surface area contributed by atoms with Gasteiger partial charge in [-0.3, -0.25) is 9.69 Å². The van der Waals surface area contributed by atoms with Crippen molar-refractivity contribution in [2.75, 3.05) is 26.2 Å². The van der Waals surface area contributed by atoms with Crippen LogP contribution in [0.5, 0.6) is 0 Å². The van der Waals surface area contributed by atoms with Crippen molar-refractivity contribution in [2.24, 2.45) is 5.73 Å². The van der Waals surface area contributed by atoms with Crippen LogP contribution in [0.3, 0.4) is 0 Å². The average molecular weight is 258 g/mol. The maximum Gasteiger partial charge on any atom is 0.327 e. The van der Waals surface area contributed by atoms with Crippen LogP contribution in [0.15, 0.2) is 0 Å². The van der Waals surface area contributed by atoms with Crippen molar-refractivity contribution in [1.82, 2.24) is 4.90 Å². The van der Waals surface area contributed by atoms with Crippen molar-refractivity contribution in [3.05, 3.63) is 0 Å². The van der Waals surface area contributed by atoms with Gasteiger partial charge in [0.05, 0.1) is 18.3 Å². The Hall–Kier alpha value is -0.650. The standard InChI is InChI=1S/C13H26N2O3/c1-6-17-11(16)13(5,14)9-15-7-10(2)18-12(3,4)8-15/h10H,6-9,14H2,1-5H3. The fourth-order valence-corrected chi connectivity index (χ4v) is 2.53. The van der Waals surface area contributed by atoms with Gasteiger partial charge in [-0.15, -0.1) is 0 Å². The van der Waals surface area contributed by atoms with Gasteiger partial charge in [0.15, 0.2) is 0 Å². The van der Waals surface area contributed by atoms with E-state index in [0.717, 1.165) is 13.1 Å². The molecule has 1 rings (SSSR count). The van der Waals surface area contributed by atoms with E-state index in [4.69, 9.17) is 15.2 Å². The normalized spacial score (nSPS) is 27.6. The molecule has 2 atom stereocenters. The van der Waals surface area contributed by atoms with E-state index in [1.54, 1.807) is 13.8 Å². The Morgan fingerprint density at radius 2 is 2.22 bits per heavy atom. The highest BCUT2D eigenvalue weighted by Crippen LogP contribution is 2.22. The van der Waals surface area contributed by atoms with Gasteiger partial charge in [0.25, 0.3) is 0 Å². The van der Waals surface area contributed by atoms with Crippen molar-refractivity contribution in [2.45, 2.75) is 51.9 Å². The van der Waals surface area contributed by atoms with Crippen molar-refractivity contribution in [3.8, 4) is 0 Å². The molecular formula is C13H26N2O3. The summed E-state index contributed by atoms with van der Waals surface area (Å²) in [4.78, 5) is 13.9. The molecule has 1 aliphatic heterocycles. The Bertz CT molecular complexity index is 303. The van der Waals surface area contributed by atoms with Gasteiger partial charge in [-0.05, 0) is 34.6 Å². The molecule has 2 unspecified atom stereocenters. The predicted molar refractivity (Wildman–Crippen MR) is 70.3 cm³/mol. The van der Waals surface area contributed by atoms with Crippen molar-refractivity contribution < 1.29 is 14.3 Å². The minimum absolute atomic E-state index is 0.145. The second-order valence-corrected chi connectivity index (χ2v) is 6.00. The van der Waals surface area contributed by atoms with Crippen LogP contribution in [-0.2, 0) is 14.3 Å². The lowest BCUT2D eigenvalue weighted by Crippen LogP contribution is -2.60. The summed E-state index contributed by atoms with van der Waals surface area (Å²) in [5.74, 6) is -0.345.